The van der Waals surface area contributed by atoms with Crippen molar-refractivity contribution in [1.29, 1.82) is 0 Å². The molecule has 0 saturated heterocycles. The number of rotatable bonds is 4. The molecule has 0 aliphatic heterocycles. The van der Waals surface area contributed by atoms with Gasteiger partial charge in [0.2, 0.25) is 0 Å². The maximum atomic E-state index is 5.48. The fourth-order valence-corrected chi connectivity index (χ4v) is 1.70. The van der Waals surface area contributed by atoms with Crippen molar-refractivity contribution in [2.24, 2.45) is 0 Å². The molecule has 0 unspecified atom stereocenters. The number of benzene rings is 1. The van der Waals surface area contributed by atoms with Crippen LogP contribution in [0.4, 0.5) is 0 Å². The van der Waals surface area contributed by atoms with Crippen molar-refractivity contribution >= 4 is 28.3 Å². The second-order valence-corrected chi connectivity index (χ2v) is 5.12. The second kappa shape index (κ2) is 5.62. The molecule has 0 spiro atoms. The predicted octanol–water partition coefficient (Wildman–Crippen LogP) is 3.51. The van der Waals surface area contributed by atoms with E-state index in [4.69, 9.17) is 21.1 Å². The molecule has 0 N–H and O–H groups in total. The number of halogens is 1. The van der Waals surface area contributed by atoms with Crippen molar-refractivity contribution in [1.82, 2.24) is 0 Å². The van der Waals surface area contributed by atoms with Gasteiger partial charge in [-0.1, -0.05) is 26.0 Å². The molecular formula is C12H15ClO2S. The molecule has 0 saturated carbocycles. The molecule has 88 valence electrons. The van der Waals surface area contributed by atoms with Gasteiger partial charge in [0, 0.05) is 12.5 Å². The zero-order valence-corrected chi connectivity index (χ0v) is 11.2. The van der Waals surface area contributed by atoms with Gasteiger partial charge in [-0.15, -0.1) is 0 Å². The highest BCUT2D eigenvalue weighted by Crippen LogP contribution is 2.25. The van der Waals surface area contributed by atoms with Crippen LogP contribution in [0.15, 0.2) is 24.3 Å². The number of methoxy groups -OCH3 is 1. The Kier molecular flexibility index (Phi) is 4.71. The maximum Gasteiger partial charge on any atom is 0.260 e. The number of ether oxygens (including phenoxy) is 2. The molecule has 0 heterocycles. The summed E-state index contributed by atoms with van der Waals surface area (Å²) in [6.45, 7) is 4.91. The average molecular weight is 259 g/mol. The minimum atomic E-state index is -0.0191. The minimum Gasteiger partial charge on any atom is -0.436 e. The summed E-state index contributed by atoms with van der Waals surface area (Å²) in [6, 6.07) is 7.68. The van der Waals surface area contributed by atoms with E-state index in [1.165, 1.54) is 5.56 Å². The third kappa shape index (κ3) is 3.74. The monoisotopic (exact) mass is 258 g/mol. The summed E-state index contributed by atoms with van der Waals surface area (Å²) in [5.41, 5.74) is 1.16. The summed E-state index contributed by atoms with van der Waals surface area (Å²) >= 11 is 10.1. The van der Waals surface area contributed by atoms with E-state index in [0.717, 1.165) is 0 Å². The number of hydrogen-bond donors (Lipinski definition) is 0. The summed E-state index contributed by atoms with van der Waals surface area (Å²) in [7, 11) is 1.70. The fraction of sp³-hybridized carbons (Fsp3) is 0.417. The van der Waals surface area contributed by atoms with E-state index in [2.05, 4.69) is 26.1 Å². The Morgan fingerprint density at radius 3 is 2.31 bits per heavy atom. The lowest BCUT2D eigenvalue weighted by atomic mass is 9.85. The first-order valence-electron chi connectivity index (χ1n) is 4.92. The van der Waals surface area contributed by atoms with Gasteiger partial charge in [-0.3, -0.25) is 0 Å². The molecule has 2 nitrogen and oxygen atoms in total. The van der Waals surface area contributed by atoms with Gasteiger partial charge in [-0.2, -0.15) is 0 Å². The molecule has 4 heteroatoms. The van der Waals surface area contributed by atoms with Gasteiger partial charge in [-0.05, 0) is 41.5 Å². The van der Waals surface area contributed by atoms with Crippen LogP contribution in [0.5, 0.6) is 5.75 Å². The smallest absolute Gasteiger partial charge is 0.260 e. The highest BCUT2D eigenvalue weighted by molar-refractivity contribution is 7.82. The van der Waals surface area contributed by atoms with Crippen LogP contribution in [0.2, 0.25) is 0 Å². The zero-order valence-electron chi connectivity index (χ0n) is 9.62. The largest absolute Gasteiger partial charge is 0.436 e. The molecule has 0 bridgehead atoms. The highest BCUT2D eigenvalue weighted by atomic mass is 35.5. The van der Waals surface area contributed by atoms with Crippen LogP contribution < -0.4 is 4.74 Å². The summed E-state index contributed by atoms with van der Waals surface area (Å²) in [5.74, 6) is 0.650. The molecule has 16 heavy (non-hydrogen) atoms. The third-order valence-electron chi connectivity index (χ3n) is 2.34. The van der Waals surface area contributed by atoms with Crippen LogP contribution in [0.3, 0.4) is 0 Å². The molecule has 0 aliphatic rings. The Hall–Kier alpha value is -0.640. The highest BCUT2D eigenvalue weighted by Gasteiger charge is 2.20. The van der Waals surface area contributed by atoms with Crippen molar-refractivity contribution in [3.8, 4) is 5.75 Å². The summed E-state index contributed by atoms with van der Waals surface area (Å²) in [6.07, 6.45) is 0. The van der Waals surface area contributed by atoms with Crippen LogP contribution in [0.1, 0.15) is 19.4 Å². The van der Waals surface area contributed by atoms with E-state index in [9.17, 15) is 0 Å². The van der Waals surface area contributed by atoms with Crippen molar-refractivity contribution in [2.75, 3.05) is 13.7 Å². The van der Waals surface area contributed by atoms with E-state index in [0.29, 0.717) is 12.4 Å². The van der Waals surface area contributed by atoms with Crippen LogP contribution >= 0.6 is 23.8 Å². The summed E-state index contributed by atoms with van der Waals surface area (Å²) in [5, 5.41) is 0. The first kappa shape index (κ1) is 13.4. The van der Waals surface area contributed by atoms with Crippen LogP contribution in [-0.2, 0) is 10.2 Å². The SMILES string of the molecule is COCC(C)(C)c1ccc(OC(=S)Cl)cc1. The molecule has 1 aromatic rings. The van der Waals surface area contributed by atoms with E-state index in [1.54, 1.807) is 7.11 Å². The fourth-order valence-electron chi connectivity index (χ4n) is 1.51. The van der Waals surface area contributed by atoms with Crippen molar-refractivity contribution in [2.45, 2.75) is 19.3 Å². The van der Waals surface area contributed by atoms with Crippen LogP contribution in [0.25, 0.3) is 0 Å². The molecule has 0 aliphatic carbocycles. The summed E-state index contributed by atoms with van der Waals surface area (Å²) < 4.78 is 10.3. The minimum absolute atomic E-state index is 0.00361. The molecule has 0 fully saturated rings. The zero-order chi connectivity index (χ0) is 12.2. The third-order valence-corrected chi connectivity index (χ3v) is 2.50. The van der Waals surface area contributed by atoms with Crippen molar-refractivity contribution in [3.05, 3.63) is 29.8 Å². The number of hydrogen-bond acceptors (Lipinski definition) is 3. The Morgan fingerprint density at radius 1 is 1.31 bits per heavy atom. The first-order chi connectivity index (χ1) is 7.45. The Balaban J connectivity index is 2.81. The van der Waals surface area contributed by atoms with Gasteiger partial charge in [0.15, 0.2) is 0 Å². The summed E-state index contributed by atoms with van der Waals surface area (Å²) in [4.78, 5) is 0. The molecule has 0 radical (unpaired) electrons. The quantitative estimate of drug-likeness (QED) is 0.608. The topological polar surface area (TPSA) is 18.5 Å². The van der Waals surface area contributed by atoms with Gasteiger partial charge in [-0.25, -0.2) is 0 Å². The molecule has 1 rings (SSSR count). The molecule has 0 amide bonds. The predicted molar refractivity (Wildman–Crippen MR) is 70.4 cm³/mol. The normalized spacial score (nSPS) is 11.2. The van der Waals surface area contributed by atoms with E-state index >= 15 is 0 Å². The molecular weight excluding hydrogens is 244 g/mol. The maximum absolute atomic E-state index is 5.48. The van der Waals surface area contributed by atoms with Crippen LogP contribution in [-0.4, -0.2) is 18.2 Å². The molecule has 0 atom stereocenters. The lowest BCUT2D eigenvalue weighted by Gasteiger charge is -2.24. The van der Waals surface area contributed by atoms with Gasteiger partial charge in [0.1, 0.15) is 5.75 Å². The molecule has 1 aromatic carbocycles. The first-order valence-corrected chi connectivity index (χ1v) is 5.71. The Bertz CT molecular complexity index is 360. The Morgan fingerprint density at radius 2 is 1.88 bits per heavy atom. The van der Waals surface area contributed by atoms with Gasteiger partial charge < -0.3 is 9.47 Å². The van der Waals surface area contributed by atoms with E-state index < -0.39 is 0 Å². The average Bonchev–Trinajstić information content (AvgIpc) is 2.17. The standard InChI is InChI=1S/C12H15ClO2S/c1-12(2,8-14-3)9-4-6-10(7-5-9)15-11(13)16/h4-7H,8H2,1-3H3. The lowest BCUT2D eigenvalue weighted by Crippen LogP contribution is -2.23. The van der Waals surface area contributed by atoms with Crippen molar-refractivity contribution in [3.63, 3.8) is 0 Å². The number of thiocarbonyl (C=S) groups is 1. The van der Waals surface area contributed by atoms with Crippen LogP contribution in [0, 0.1) is 0 Å². The second-order valence-electron chi connectivity index (χ2n) is 4.18. The van der Waals surface area contributed by atoms with E-state index in [-0.39, 0.29) is 9.92 Å². The van der Waals surface area contributed by atoms with Gasteiger partial charge >= 0.3 is 0 Å². The molecule has 0 aromatic heterocycles. The van der Waals surface area contributed by atoms with Gasteiger partial charge in [0.25, 0.3) is 4.51 Å². The van der Waals surface area contributed by atoms with Gasteiger partial charge in [0.05, 0.1) is 6.61 Å². The van der Waals surface area contributed by atoms with E-state index in [1.807, 2.05) is 24.3 Å². The Labute approximate surface area is 107 Å². The van der Waals surface area contributed by atoms with Crippen molar-refractivity contribution < 1.29 is 9.47 Å². The lowest BCUT2D eigenvalue weighted by molar-refractivity contribution is 0.146.